The molecular weight excluding hydrogens is 210 g/mol. The van der Waals surface area contributed by atoms with Gasteiger partial charge in [-0.25, -0.2) is 4.98 Å². The molecule has 0 bridgehead atoms. The van der Waals surface area contributed by atoms with Crippen LogP contribution < -0.4 is 5.32 Å². The molecule has 1 aliphatic heterocycles. The van der Waals surface area contributed by atoms with Crippen molar-refractivity contribution < 1.29 is 0 Å². The molecule has 0 saturated carbocycles. The van der Waals surface area contributed by atoms with Crippen LogP contribution in [0.25, 0.3) is 11.0 Å². The number of benzene rings is 1. The summed E-state index contributed by atoms with van der Waals surface area (Å²) in [7, 11) is 0. The summed E-state index contributed by atoms with van der Waals surface area (Å²) in [6.07, 6.45) is 3.61. The molecule has 1 saturated heterocycles. The van der Waals surface area contributed by atoms with Crippen molar-refractivity contribution >= 4 is 11.0 Å². The molecule has 0 amide bonds. The first-order valence-corrected chi connectivity index (χ1v) is 6.50. The van der Waals surface area contributed by atoms with E-state index in [0.717, 1.165) is 24.1 Å². The standard InChI is InChI=1S/C14H19N3/c1-2-7-14(8-9-15-10-14)13-16-11-5-3-4-6-12(11)17-13/h3-6,15H,2,7-10H2,1H3,(H,16,17). The Labute approximate surface area is 102 Å². The van der Waals surface area contributed by atoms with E-state index in [9.17, 15) is 0 Å². The highest BCUT2D eigenvalue weighted by atomic mass is 15.0. The zero-order valence-electron chi connectivity index (χ0n) is 10.3. The molecular formula is C14H19N3. The van der Waals surface area contributed by atoms with E-state index in [4.69, 9.17) is 4.98 Å². The molecule has 3 nitrogen and oxygen atoms in total. The molecule has 1 fully saturated rings. The summed E-state index contributed by atoms with van der Waals surface area (Å²) in [4.78, 5) is 8.30. The molecule has 0 aliphatic carbocycles. The molecule has 1 aliphatic rings. The van der Waals surface area contributed by atoms with Crippen molar-refractivity contribution in [2.24, 2.45) is 0 Å². The number of aromatic amines is 1. The van der Waals surface area contributed by atoms with E-state index in [1.54, 1.807) is 0 Å². The van der Waals surface area contributed by atoms with Crippen molar-refractivity contribution in [1.82, 2.24) is 15.3 Å². The van der Waals surface area contributed by atoms with Crippen LogP contribution in [0.5, 0.6) is 0 Å². The van der Waals surface area contributed by atoms with Crippen LogP contribution in [-0.2, 0) is 5.41 Å². The Morgan fingerprint density at radius 1 is 1.35 bits per heavy atom. The second kappa shape index (κ2) is 4.15. The Balaban J connectivity index is 2.05. The summed E-state index contributed by atoms with van der Waals surface area (Å²) in [5.74, 6) is 1.17. The Hall–Kier alpha value is -1.35. The summed E-state index contributed by atoms with van der Waals surface area (Å²) in [5, 5.41) is 3.48. The van der Waals surface area contributed by atoms with Gasteiger partial charge in [0.15, 0.2) is 0 Å². The summed E-state index contributed by atoms with van der Waals surface area (Å²) < 4.78 is 0. The zero-order chi connectivity index (χ0) is 11.7. The minimum atomic E-state index is 0.230. The van der Waals surface area contributed by atoms with Crippen LogP contribution in [0, 0.1) is 0 Å². The number of H-pyrrole nitrogens is 1. The van der Waals surface area contributed by atoms with Gasteiger partial charge in [-0.1, -0.05) is 25.5 Å². The molecule has 17 heavy (non-hydrogen) atoms. The number of imidazole rings is 1. The smallest absolute Gasteiger partial charge is 0.114 e. The highest BCUT2D eigenvalue weighted by Crippen LogP contribution is 2.34. The molecule has 0 spiro atoms. The van der Waals surface area contributed by atoms with Gasteiger partial charge in [-0.05, 0) is 31.5 Å². The lowest BCUT2D eigenvalue weighted by atomic mass is 9.82. The van der Waals surface area contributed by atoms with E-state index in [1.807, 2.05) is 6.07 Å². The summed E-state index contributed by atoms with van der Waals surface area (Å²) >= 11 is 0. The summed E-state index contributed by atoms with van der Waals surface area (Å²) in [6.45, 7) is 4.42. The number of hydrogen-bond donors (Lipinski definition) is 2. The maximum atomic E-state index is 4.79. The number of para-hydroxylation sites is 2. The second-order valence-electron chi connectivity index (χ2n) is 5.06. The van der Waals surface area contributed by atoms with E-state index in [0.29, 0.717) is 0 Å². The first-order valence-electron chi connectivity index (χ1n) is 6.50. The van der Waals surface area contributed by atoms with Crippen LogP contribution in [0.3, 0.4) is 0 Å². The fourth-order valence-electron chi connectivity index (χ4n) is 2.96. The second-order valence-corrected chi connectivity index (χ2v) is 5.06. The number of aromatic nitrogens is 2. The Bertz CT molecular complexity index is 476. The van der Waals surface area contributed by atoms with Crippen molar-refractivity contribution in [2.75, 3.05) is 13.1 Å². The molecule has 3 rings (SSSR count). The third-order valence-electron chi connectivity index (χ3n) is 3.86. The van der Waals surface area contributed by atoms with Gasteiger partial charge in [0.05, 0.1) is 11.0 Å². The molecule has 2 heterocycles. The first-order chi connectivity index (χ1) is 8.34. The van der Waals surface area contributed by atoms with Gasteiger partial charge in [0.25, 0.3) is 0 Å². The predicted octanol–water partition coefficient (Wildman–Crippen LogP) is 2.59. The third kappa shape index (κ3) is 1.75. The van der Waals surface area contributed by atoms with Crippen molar-refractivity contribution in [3.63, 3.8) is 0 Å². The van der Waals surface area contributed by atoms with Gasteiger partial charge < -0.3 is 10.3 Å². The quantitative estimate of drug-likeness (QED) is 0.849. The Morgan fingerprint density at radius 2 is 2.24 bits per heavy atom. The Morgan fingerprint density at radius 3 is 2.94 bits per heavy atom. The van der Waals surface area contributed by atoms with Gasteiger partial charge in [-0.15, -0.1) is 0 Å². The highest BCUT2D eigenvalue weighted by molar-refractivity contribution is 5.75. The largest absolute Gasteiger partial charge is 0.341 e. The molecule has 1 aromatic carbocycles. The van der Waals surface area contributed by atoms with Crippen LogP contribution in [0.2, 0.25) is 0 Å². The minimum absolute atomic E-state index is 0.230. The molecule has 1 atom stereocenters. The van der Waals surface area contributed by atoms with Crippen molar-refractivity contribution in [1.29, 1.82) is 0 Å². The van der Waals surface area contributed by atoms with Crippen LogP contribution in [0.4, 0.5) is 0 Å². The van der Waals surface area contributed by atoms with Crippen LogP contribution in [0.15, 0.2) is 24.3 Å². The third-order valence-corrected chi connectivity index (χ3v) is 3.86. The topological polar surface area (TPSA) is 40.7 Å². The lowest BCUT2D eigenvalue weighted by Gasteiger charge is -2.25. The SMILES string of the molecule is CCCC1(c2nc3ccccc3[nH]2)CCNC1. The van der Waals surface area contributed by atoms with E-state index in [-0.39, 0.29) is 5.41 Å². The van der Waals surface area contributed by atoms with E-state index < -0.39 is 0 Å². The number of fused-ring (bicyclic) bond motifs is 1. The average molecular weight is 229 g/mol. The molecule has 1 unspecified atom stereocenters. The first kappa shape index (κ1) is 10.8. The highest BCUT2D eigenvalue weighted by Gasteiger charge is 2.37. The Kier molecular flexibility index (Phi) is 2.63. The van der Waals surface area contributed by atoms with Crippen molar-refractivity contribution in [2.45, 2.75) is 31.6 Å². The summed E-state index contributed by atoms with van der Waals surface area (Å²) in [6, 6.07) is 8.29. The lowest BCUT2D eigenvalue weighted by molar-refractivity contribution is 0.406. The molecule has 1 aromatic heterocycles. The van der Waals surface area contributed by atoms with E-state index in [1.165, 1.54) is 25.1 Å². The fourth-order valence-corrected chi connectivity index (χ4v) is 2.96. The average Bonchev–Trinajstić information content (AvgIpc) is 2.95. The lowest BCUT2D eigenvalue weighted by Crippen LogP contribution is -2.30. The predicted molar refractivity (Wildman–Crippen MR) is 70.2 cm³/mol. The van der Waals surface area contributed by atoms with Gasteiger partial charge >= 0.3 is 0 Å². The number of nitrogens with zero attached hydrogens (tertiary/aromatic N) is 1. The molecule has 3 heteroatoms. The van der Waals surface area contributed by atoms with Crippen LogP contribution in [0.1, 0.15) is 32.0 Å². The number of nitrogens with one attached hydrogen (secondary N) is 2. The van der Waals surface area contributed by atoms with Crippen molar-refractivity contribution in [3.8, 4) is 0 Å². The monoisotopic (exact) mass is 229 g/mol. The number of rotatable bonds is 3. The van der Waals surface area contributed by atoms with Gasteiger partial charge in [0.2, 0.25) is 0 Å². The minimum Gasteiger partial charge on any atom is -0.341 e. The molecule has 2 N–H and O–H groups in total. The van der Waals surface area contributed by atoms with Crippen LogP contribution in [-0.4, -0.2) is 23.1 Å². The molecule has 90 valence electrons. The molecule has 2 aromatic rings. The van der Waals surface area contributed by atoms with Gasteiger partial charge in [-0.3, -0.25) is 0 Å². The maximum absolute atomic E-state index is 4.79. The van der Waals surface area contributed by atoms with Gasteiger partial charge in [0.1, 0.15) is 5.82 Å². The molecule has 0 radical (unpaired) electrons. The summed E-state index contributed by atoms with van der Waals surface area (Å²) in [5.41, 5.74) is 2.48. The van der Waals surface area contributed by atoms with Gasteiger partial charge in [0, 0.05) is 12.0 Å². The van der Waals surface area contributed by atoms with E-state index in [2.05, 4.69) is 35.4 Å². The van der Waals surface area contributed by atoms with Crippen LogP contribution >= 0.6 is 0 Å². The van der Waals surface area contributed by atoms with Gasteiger partial charge in [-0.2, -0.15) is 0 Å². The normalized spacial score (nSPS) is 24.5. The van der Waals surface area contributed by atoms with Crippen molar-refractivity contribution in [3.05, 3.63) is 30.1 Å². The maximum Gasteiger partial charge on any atom is 0.114 e. The fraction of sp³-hybridized carbons (Fsp3) is 0.500. The zero-order valence-corrected chi connectivity index (χ0v) is 10.3. The number of hydrogen-bond acceptors (Lipinski definition) is 2. The van der Waals surface area contributed by atoms with E-state index >= 15 is 0 Å².